The molecule has 36 heavy (non-hydrogen) atoms. The zero-order chi connectivity index (χ0) is 26.3. The van der Waals surface area contributed by atoms with Crippen LogP contribution in [0.15, 0.2) is 48.5 Å². The number of aliphatic hydroxyl groups excluding tert-OH is 1. The summed E-state index contributed by atoms with van der Waals surface area (Å²) >= 11 is 0. The van der Waals surface area contributed by atoms with Gasteiger partial charge in [0.2, 0.25) is 5.91 Å². The maximum absolute atomic E-state index is 12.8. The van der Waals surface area contributed by atoms with Crippen LogP contribution in [-0.2, 0) is 35.5 Å². The molecule has 7 heteroatoms. The Hall–Kier alpha value is -3.45. The van der Waals surface area contributed by atoms with Crippen LogP contribution in [0.5, 0.6) is 0 Å². The first-order valence-corrected chi connectivity index (χ1v) is 12.5. The molecule has 1 aromatic heterocycles. The number of nitrogens with one attached hydrogen (secondary N) is 1. The number of carbonyl (C=O) groups excluding carboxylic acids is 2. The summed E-state index contributed by atoms with van der Waals surface area (Å²) in [6, 6.07) is 15.5. The normalized spacial score (nSPS) is 11.4. The van der Waals surface area contributed by atoms with Gasteiger partial charge in [-0.05, 0) is 49.9 Å². The predicted molar refractivity (Wildman–Crippen MR) is 141 cm³/mol. The molecule has 0 radical (unpaired) electrons. The highest BCUT2D eigenvalue weighted by Gasteiger charge is 2.21. The lowest BCUT2D eigenvalue weighted by Gasteiger charge is -2.20. The lowest BCUT2D eigenvalue weighted by molar-refractivity contribution is -0.120. The summed E-state index contributed by atoms with van der Waals surface area (Å²) in [5.74, 6) is 0.401. The molecule has 0 atom stereocenters. The second kappa shape index (κ2) is 12.0. The number of aromatic nitrogens is 2. The Labute approximate surface area is 213 Å². The Morgan fingerprint density at radius 3 is 2.39 bits per heavy atom. The van der Waals surface area contributed by atoms with Crippen LogP contribution >= 0.6 is 0 Å². The number of nitrogens with zero attached hydrogens (tertiary/aromatic N) is 2. The second-order valence-electron chi connectivity index (χ2n) is 9.86. The third kappa shape index (κ3) is 6.82. The maximum Gasteiger partial charge on any atom is 0.339 e. The minimum Gasteiger partial charge on any atom is -0.456 e. The van der Waals surface area contributed by atoms with Crippen molar-refractivity contribution in [2.24, 2.45) is 0 Å². The van der Waals surface area contributed by atoms with Gasteiger partial charge in [0.15, 0.2) is 0 Å². The van der Waals surface area contributed by atoms with E-state index in [9.17, 15) is 14.7 Å². The summed E-state index contributed by atoms with van der Waals surface area (Å²) in [6.45, 7) is 8.01. The second-order valence-corrected chi connectivity index (χ2v) is 9.86. The Balaban J connectivity index is 1.92. The molecule has 3 rings (SSSR count). The van der Waals surface area contributed by atoms with Gasteiger partial charge in [0.1, 0.15) is 11.4 Å². The van der Waals surface area contributed by atoms with E-state index in [1.807, 2.05) is 63.2 Å². The zero-order valence-corrected chi connectivity index (χ0v) is 21.9. The number of imidazole rings is 1. The Morgan fingerprint density at radius 2 is 1.78 bits per heavy atom. The molecule has 0 aliphatic carbocycles. The van der Waals surface area contributed by atoms with E-state index in [-0.39, 0.29) is 24.9 Å². The number of hydrogen-bond acceptors (Lipinski definition) is 5. The highest BCUT2D eigenvalue weighted by molar-refractivity contribution is 5.97. The average molecular weight is 492 g/mol. The fraction of sp³-hybridized carbons (Fsp3) is 0.414. The molecular formula is C29H37N3O4. The fourth-order valence-corrected chi connectivity index (χ4v) is 4.09. The summed E-state index contributed by atoms with van der Waals surface area (Å²) < 4.78 is 7.65. The summed E-state index contributed by atoms with van der Waals surface area (Å²) in [5, 5.41) is 12.6. The number of aliphatic hydroxyl groups is 1. The van der Waals surface area contributed by atoms with E-state index in [2.05, 4.69) is 21.8 Å². The van der Waals surface area contributed by atoms with Gasteiger partial charge < -0.3 is 19.7 Å². The molecule has 0 aliphatic rings. The molecule has 1 amide bonds. The van der Waals surface area contributed by atoms with Gasteiger partial charge in [0.25, 0.3) is 0 Å². The van der Waals surface area contributed by atoms with Gasteiger partial charge >= 0.3 is 5.97 Å². The summed E-state index contributed by atoms with van der Waals surface area (Å²) in [4.78, 5) is 29.6. The summed E-state index contributed by atoms with van der Waals surface area (Å²) in [6.07, 6.45) is 2.94. The number of carbonyl (C=O) groups is 2. The van der Waals surface area contributed by atoms with Crippen molar-refractivity contribution in [2.45, 2.75) is 72.1 Å². The molecule has 192 valence electrons. The Morgan fingerprint density at radius 1 is 1.08 bits per heavy atom. The summed E-state index contributed by atoms with van der Waals surface area (Å²) in [5.41, 5.74) is 4.00. The number of likely N-dealkylation sites (N-methyl/N-ethyl adjacent to an activating group) is 1. The first-order chi connectivity index (χ1) is 17.2. The van der Waals surface area contributed by atoms with Crippen molar-refractivity contribution in [2.75, 3.05) is 7.05 Å². The molecule has 3 aromatic rings. The molecule has 2 aromatic carbocycles. The molecule has 1 heterocycles. The Bertz CT molecular complexity index is 1190. The van der Waals surface area contributed by atoms with E-state index in [0.717, 1.165) is 47.5 Å². The largest absolute Gasteiger partial charge is 0.456 e. The van der Waals surface area contributed by atoms with Crippen molar-refractivity contribution in [1.82, 2.24) is 14.9 Å². The van der Waals surface area contributed by atoms with E-state index in [0.29, 0.717) is 17.8 Å². The number of esters is 1. The van der Waals surface area contributed by atoms with E-state index in [1.165, 1.54) is 0 Å². The third-order valence-corrected chi connectivity index (χ3v) is 5.90. The first kappa shape index (κ1) is 27.1. The molecular weight excluding hydrogens is 454 g/mol. The van der Waals surface area contributed by atoms with Crippen LogP contribution in [0, 0.1) is 0 Å². The molecule has 0 bridgehead atoms. The van der Waals surface area contributed by atoms with Crippen molar-refractivity contribution in [3.05, 3.63) is 76.9 Å². The average Bonchev–Trinajstić information content (AvgIpc) is 3.17. The minimum absolute atomic E-state index is 0.123. The van der Waals surface area contributed by atoms with Gasteiger partial charge in [-0.3, -0.25) is 4.79 Å². The van der Waals surface area contributed by atoms with Gasteiger partial charge in [0.05, 0.1) is 30.0 Å². The van der Waals surface area contributed by atoms with Crippen molar-refractivity contribution >= 4 is 11.9 Å². The quantitative estimate of drug-likeness (QED) is 0.402. The van der Waals surface area contributed by atoms with Gasteiger partial charge in [0, 0.05) is 20.0 Å². The lowest BCUT2D eigenvalue weighted by Crippen LogP contribution is -2.24. The molecule has 0 spiro atoms. The topological polar surface area (TPSA) is 93.5 Å². The fourth-order valence-electron chi connectivity index (χ4n) is 4.09. The zero-order valence-electron chi connectivity index (χ0n) is 21.9. The third-order valence-electron chi connectivity index (χ3n) is 5.90. The number of hydrogen-bond donors (Lipinski definition) is 2. The van der Waals surface area contributed by atoms with E-state index in [4.69, 9.17) is 4.74 Å². The lowest BCUT2D eigenvalue weighted by atomic mass is 9.98. The summed E-state index contributed by atoms with van der Waals surface area (Å²) in [7, 11) is 1.60. The highest BCUT2D eigenvalue weighted by Crippen LogP contribution is 2.27. The van der Waals surface area contributed by atoms with Crippen molar-refractivity contribution in [3.8, 4) is 11.1 Å². The molecule has 0 saturated carbocycles. The highest BCUT2D eigenvalue weighted by atomic mass is 16.6. The predicted octanol–water partition coefficient (Wildman–Crippen LogP) is 4.68. The van der Waals surface area contributed by atoms with Gasteiger partial charge in [-0.2, -0.15) is 0 Å². The molecule has 0 aliphatic heterocycles. The van der Waals surface area contributed by atoms with Crippen LogP contribution in [0.25, 0.3) is 11.1 Å². The number of benzene rings is 2. The molecule has 2 N–H and O–H groups in total. The van der Waals surface area contributed by atoms with E-state index < -0.39 is 5.60 Å². The number of rotatable bonds is 10. The molecule has 0 unspecified atom stereocenters. The van der Waals surface area contributed by atoms with E-state index in [1.54, 1.807) is 13.1 Å². The number of ether oxygens (including phenoxy) is 1. The first-order valence-electron chi connectivity index (χ1n) is 12.5. The van der Waals surface area contributed by atoms with Crippen molar-refractivity contribution < 1.29 is 19.4 Å². The van der Waals surface area contributed by atoms with Crippen LogP contribution in [0.4, 0.5) is 0 Å². The Kier molecular flexibility index (Phi) is 9.04. The smallest absolute Gasteiger partial charge is 0.339 e. The minimum atomic E-state index is -0.575. The van der Waals surface area contributed by atoms with Crippen molar-refractivity contribution in [1.29, 1.82) is 0 Å². The standard InChI is InChI=1S/C29H37N3O4/c1-6-7-12-26-31-24(19-33)25(17-27(34)30-5)32(26)18-20-13-15-21(16-14-20)22-10-8-9-11-23(22)28(35)36-29(2,3)4/h8-11,13-16,33H,6-7,12,17-19H2,1-5H3,(H,30,34). The van der Waals surface area contributed by atoms with Crippen LogP contribution < -0.4 is 5.32 Å². The van der Waals surface area contributed by atoms with Gasteiger partial charge in [-0.25, -0.2) is 9.78 Å². The van der Waals surface area contributed by atoms with Crippen LogP contribution in [0.3, 0.4) is 0 Å². The van der Waals surface area contributed by atoms with Crippen LogP contribution in [-0.4, -0.2) is 39.2 Å². The number of aryl methyl sites for hydroxylation is 1. The van der Waals surface area contributed by atoms with Gasteiger partial charge in [-0.1, -0.05) is 55.8 Å². The maximum atomic E-state index is 12.8. The molecule has 0 saturated heterocycles. The van der Waals surface area contributed by atoms with Crippen LogP contribution in [0.1, 0.15) is 73.7 Å². The van der Waals surface area contributed by atoms with Crippen LogP contribution in [0.2, 0.25) is 0 Å². The number of unbranched alkanes of at least 4 members (excludes halogenated alkanes) is 1. The van der Waals surface area contributed by atoms with Gasteiger partial charge in [-0.15, -0.1) is 0 Å². The SMILES string of the molecule is CCCCc1nc(CO)c(CC(=O)NC)n1Cc1ccc(-c2ccccc2C(=O)OC(C)(C)C)cc1. The molecule has 0 fully saturated rings. The van der Waals surface area contributed by atoms with E-state index >= 15 is 0 Å². The monoisotopic (exact) mass is 491 g/mol. The number of amides is 1. The molecule has 7 nitrogen and oxygen atoms in total. The van der Waals surface area contributed by atoms with Crippen molar-refractivity contribution in [3.63, 3.8) is 0 Å².